The Labute approximate surface area is 168 Å². The van der Waals surface area contributed by atoms with Crippen molar-refractivity contribution in [2.45, 2.75) is 31.7 Å². The van der Waals surface area contributed by atoms with Gasteiger partial charge in [0.1, 0.15) is 11.5 Å². The third kappa shape index (κ3) is 3.69. The Balaban J connectivity index is 1.49. The molecule has 0 radical (unpaired) electrons. The van der Waals surface area contributed by atoms with Gasteiger partial charge in [0.05, 0.1) is 35.5 Å². The van der Waals surface area contributed by atoms with E-state index in [4.69, 9.17) is 9.47 Å². The predicted octanol–water partition coefficient (Wildman–Crippen LogP) is 4.61. The van der Waals surface area contributed by atoms with Crippen LogP contribution in [-0.4, -0.2) is 36.6 Å². The Morgan fingerprint density at radius 3 is 2.86 bits per heavy atom. The Kier molecular flexibility index (Phi) is 5.48. The maximum absolute atomic E-state index is 13.0. The summed E-state index contributed by atoms with van der Waals surface area (Å²) in [7, 11) is 3.32. The molecule has 1 atom stereocenters. The van der Waals surface area contributed by atoms with Crippen LogP contribution in [0.1, 0.15) is 35.9 Å². The molecule has 2 aromatic carbocycles. The molecule has 0 aliphatic carbocycles. The topological polar surface area (TPSA) is 51.7 Å². The molecule has 1 aromatic heterocycles. The zero-order chi connectivity index (χ0) is 19.5. The van der Waals surface area contributed by atoms with Gasteiger partial charge in [0.2, 0.25) is 5.91 Å². The second-order valence-electron chi connectivity index (χ2n) is 6.93. The second kappa shape index (κ2) is 8.19. The van der Waals surface area contributed by atoms with Crippen molar-refractivity contribution < 1.29 is 14.3 Å². The molecule has 146 valence electrons. The van der Waals surface area contributed by atoms with Gasteiger partial charge in [-0.3, -0.25) is 4.79 Å². The number of hydrogen-bond acceptors (Lipinski definition) is 5. The van der Waals surface area contributed by atoms with E-state index in [1.165, 1.54) is 4.70 Å². The lowest BCUT2D eigenvalue weighted by Gasteiger charge is -2.26. The highest BCUT2D eigenvalue weighted by Gasteiger charge is 2.32. The number of hydrogen-bond donors (Lipinski definition) is 0. The molecule has 1 unspecified atom stereocenters. The molecule has 6 heteroatoms. The Hall–Kier alpha value is -2.60. The van der Waals surface area contributed by atoms with E-state index in [9.17, 15) is 4.79 Å². The number of thiazole rings is 1. The van der Waals surface area contributed by atoms with Crippen LogP contribution in [0.3, 0.4) is 0 Å². The summed E-state index contributed by atoms with van der Waals surface area (Å²) in [5.74, 6) is 1.76. The summed E-state index contributed by atoms with van der Waals surface area (Å²) in [6, 6.07) is 13.9. The molecule has 1 saturated heterocycles. The largest absolute Gasteiger partial charge is 0.497 e. The monoisotopic (exact) mass is 396 g/mol. The number of amides is 1. The SMILES string of the molecule is COc1ccc(OC)c(C2CCCN2C(=O)CCc2nc3ccccc3s2)c1. The summed E-state index contributed by atoms with van der Waals surface area (Å²) >= 11 is 1.67. The maximum Gasteiger partial charge on any atom is 0.223 e. The van der Waals surface area contributed by atoms with Crippen LogP contribution in [0.25, 0.3) is 10.2 Å². The molecule has 5 nitrogen and oxygen atoms in total. The Bertz CT molecular complexity index is 952. The van der Waals surface area contributed by atoms with E-state index >= 15 is 0 Å². The van der Waals surface area contributed by atoms with Crippen LogP contribution in [0.2, 0.25) is 0 Å². The van der Waals surface area contributed by atoms with Gasteiger partial charge in [-0.25, -0.2) is 4.98 Å². The molecule has 1 amide bonds. The molecular formula is C22H24N2O3S. The van der Waals surface area contributed by atoms with Crippen molar-refractivity contribution in [3.8, 4) is 11.5 Å². The van der Waals surface area contributed by atoms with E-state index in [1.54, 1.807) is 25.6 Å². The first kappa shape index (κ1) is 18.7. The average Bonchev–Trinajstić information content (AvgIpc) is 3.38. The zero-order valence-corrected chi connectivity index (χ0v) is 17.0. The summed E-state index contributed by atoms with van der Waals surface area (Å²) in [6.07, 6.45) is 3.09. The molecule has 28 heavy (non-hydrogen) atoms. The van der Waals surface area contributed by atoms with Crippen molar-refractivity contribution in [3.05, 3.63) is 53.0 Å². The van der Waals surface area contributed by atoms with Crippen molar-refractivity contribution in [3.63, 3.8) is 0 Å². The van der Waals surface area contributed by atoms with Crippen molar-refractivity contribution >= 4 is 27.5 Å². The van der Waals surface area contributed by atoms with Crippen LogP contribution in [-0.2, 0) is 11.2 Å². The summed E-state index contributed by atoms with van der Waals surface area (Å²) in [5, 5.41) is 1.02. The van der Waals surface area contributed by atoms with E-state index in [1.807, 2.05) is 41.3 Å². The minimum atomic E-state index is 0.0351. The zero-order valence-electron chi connectivity index (χ0n) is 16.2. The van der Waals surface area contributed by atoms with Crippen LogP contribution in [0, 0.1) is 0 Å². The molecule has 0 N–H and O–H groups in total. The lowest BCUT2D eigenvalue weighted by atomic mass is 10.0. The van der Waals surface area contributed by atoms with E-state index < -0.39 is 0 Å². The molecule has 1 aliphatic heterocycles. The summed E-state index contributed by atoms with van der Waals surface area (Å²) in [5.41, 5.74) is 2.03. The van der Waals surface area contributed by atoms with E-state index in [-0.39, 0.29) is 11.9 Å². The molecule has 1 fully saturated rings. The second-order valence-corrected chi connectivity index (χ2v) is 8.04. The number of carbonyl (C=O) groups excluding carboxylic acids is 1. The Morgan fingerprint density at radius 2 is 2.07 bits per heavy atom. The molecule has 0 spiro atoms. The number of methoxy groups -OCH3 is 2. The van der Waals surface area contributed by atoms with Crippen LogP contribution in [0.4, 0.5) is 0 Å². The lowest BCUT2D eigenvalue weighted by molar-refractivity contribution is -0.132. The smallest absolute Gasteiger partial charge is 0.223 e. The van der Waals surface area contributed by atoms with E-state index in [0.717, 1.165) is 47.0 Å². The van der Waals surface area contributed by atoms with E-state index in [2.05, 4.69) is 11.1 Å². The summed E-state index contributed by atoms with van der Waals surface area (Å²) < 4.78 is 12.1. The van der Waals surface area contributed by atoms with E-state index in [0.29, 0.717) is 12.8 Å². The number of ether oxygens (including phenoxy) is 2. The minimum Gasteiger partial charge on any atom is -0.497 e. The first-order valence-corrected chi connectivity index (χ1v) is 10.4. The van der Waals surface area contributed by atoms with Gasteiger partial charge in [-0.05, 0) is 43.2 Å². The summed E-state index contributed by atoms with van der Waals surface area (Å²) in [6.45, 7) is 0.781. The number of benzene rings is 2. The fraction of sp³-hybridized carbons (Fsp3) is 0.364. The van der Waals surface area contributed by atoms with Gasteiger partial charge in [0, 0.05) is 24.9 Å². The number of nitrogens with zero attached hydrogens (tertiary/aromatic N) is 2. The van der Waals surface area contributed by atoms with Crippen LogP contribution >= 0.6 is 11.3 Å². The summed E-state index contributed by atoms with van der Waals surface area (Å²) in [4.78, 5) is 19.6. The first-order valence-electron chi connectivity index (χ1n) is 9.55. The molecule has 3 aromatic rings. The van der Waals surface area contributed by atoms with Crippen LogP contribution in [0.5, 0.6) is 11.5 Å². The number of likely N-dealkylation sites (tertiary alicyclic amines) is 1. The highest BCUT2D eigenvalue weighted by Crippen LogP contribution is 2.39. The number of para-hydroxylation sites is 1. The molecule has 2 heterocycles. The average molecular weight is 397 g/mol. The predicted molar refractivity (Wildman–Crippen MR) is 111 cm³/mol. The van der Waals surface area contributed by atoms with Crippen LogP contribution < -0.4 is 9.47 Å². The number of rotatable bonds is 6. The standard InChI is InChI=1S/C22H24N2O3S/c1-26-15-9-10-19(27-2)16(14-15)18-7-5-13-24(18)22(25)12-11-21-23-17-6-3-4-8-20(17)28-21/h3-4,6,8-10,14,18H,5,7,11-13H2,1-2H3. The van der Waals surface area contributed by atoms with Gasteiger partial charge in [0.15, 0.2) is 0 Å². The molecule has 0 saturated carbocycles. The third-order valence-electron chi connectivity index (χ3n) is 5.26. The van der Waals surface area contributed by atoms with Gasteiger partial charge in [-0.1, -0.05) is 12.1 Å². The fourth-order valence-electron chi connectivity index (χ4n) is 3.87. The van der Waals surface area contributed by atoms with Gasteiger partial charge < -0.3 is 14.4 Å². The Morgan fingerprint density at radius 1 is 1.21 bits per heavy atom. The number of fused-ring (bicyclic) bond motifs is 1. The van der Waals surface area contributed by atoms with Crippen LogP contribution in [0.15, 0.2) is 42.5 Å². The van der Waals surface area contributed by atoms with Gasteiger partial charge in [-0.2, -0.15) is 0 Å². The highest BCUT2D eigenvalue weighted by molar-refractivity contribution is 7.18. The maximum atomic E-state index is 13.0. The number of carbonyl (C=O) groups is 1. The van der Waals surface area contributed by atoms with Gasteiger partial charge >= 0.3 is 0 Å². The first-order chi connectivity index (χ1) is 13.7. The van der Waals surface area contributed by atoms with Gasteiger partial charge in [-0.15, -0.1) is 11.3 Å². The normalized spacial score (nSPS) is 16.5. The molecule has 0 bridgehead atoms. The van der Waals surface area contributed by atoms with Crippen molar-refractivity contribution in [1.29, 1.82) is 0 Å². The van der Waals surface area contributed by atoms with Crippen molar-refractivity contribution in [2.24, 2.45) is 0 Å². The number of aryl methyl sites for hydroxylation is 1. The molecular weight excluding hydrogens is 372 g/mol. The minimum absolute atomic E-state index is 0.0351. The number of aromatic nitrogens is 1. The van der Waals surface area contributed by atoms with Gasteiger partial charge in [0.25, 0.3) is 0 Å². The van der Waals surface area contributed by atoms with Crippen molar-refractivity contribution in [2.75, 3.05) is 20.8 Å². The molecule has 4 rings (SSSR count). The quantitative estimate of drug-likeness (QED) is 0.611. The van der Waals surface area contributed by atoms with Crippen molar-refractivity contribution in [1.82, 2.24) is 9.88 Å². The fourth-order valence-corrected chi connectivity index (χ4v) is 4.84. The lowest BCUT2D eigenvalue weighted by Crippen LogP contribution is -2.31. The highest BCUT2D eigenvalue weighted by atomic mass is 32.1. The molecule has 1 aliphatic rings. The third-order valence-corrected chi connectivity index (χ3v) is 6.36.